The van der Waals surface area contributed by atoms with Crippen molar-refractivity contribution in [3.05, 3.63) is 0 Å². The second-order valence-corrected chi connectivity index (χ2v) is 3.01. The van der Waals surface area contributed by atoms with Crippen molar-refractivity contribution in [3.8, 4) is 0 Å². The maximum atomic E-state index is 12.9. The van der Waals surface area contributed by atoms with Gasteiger partial charge in [-0.15, -0.1) is 0 Å². The Labute approximate surface area is 81.1 Å². The lowest BCUT2D eigenvalue weighted by Gasteiger charge is -2.32. The van der Waals surface area contributed by atoms with Gasteiger partial charge >= 0.3 is 12.1 Å². The highest BCUT2D eigenvalue weighted by Gasteiger charge is 2.61. The van der Waals surface area contributed by atoms with Gasteiger partial charge in [0, 0.05) is 0 Å². The van der Waals surface area contributed by atoms with Gasteiger partial charge in [0.05, 0.1) is 19.8 Å². The van der Waals surface area contributed by atoms with Crippen molar-refractivity contribution >= 4 is 0 Å². The van der Waals surface area contributed by atoms with Crippen LogP contribution in [0, 0.1) is 0 Å². The lowest BCUT2D eigenvalue weighted by atomic mass is 10.1. The zero-order chi connectivity index (χ0) is 11.7. The molecule has 0 N–H and O–H groups in total. The number of hydrogen-bond acceptors (Lipinski definition) is 2. The van der Waals surface area contributed by atoms with E-state index in [1.54, 1.807) is 0 Å². The molecule has 0 aromatic rings. The van der Waals surface area contributed by atoms with Crippen LogP contribution in [-0.4, -0.2) is 44.2 Å². The molecule has 1 aliphatic rings. The molecule has 1 fully saturated rings. The highest BCUT2D eigenvalue weighted by atomic mass is 19.4. The Morgan fingerprint density at radius 2 is 1.67 bits per heavy atom. The van der Waals surface area contributed by atoms with E-state index in [4.69, 9.17) is 0 Å². The van der Waals surface area contributed by atoms with Crippen LogP contribution >= 0.6 is 0 Å². The van der Waals surface area contributed by atoms with Crippen molar-refractivity contribution in [3.63, 3.8) is 0 Å². The summed E-state index contributed by atoms with van der Waals surface area (Å²) >= 11 is 0. The number of rotatable bonds is 2. The molecule has 90 valence electrons. The molecule has 0 saturated carbocycles. The maximum Gasteiger partial charge on any atom is 0.425 e. The first-order chi connectivity index (χ1) is 6.76. The third kappa shape index (κ3) is 2.75. The van der Waals surface area contributed by atoms with E-state index in [-0.39, 0.29) is 13.2 Å². The molecule has 1 heterocycles. The van der Waals surface area contributed by atoms with Crippen molar-refractivity contribution < 1.29 is 35.8 Å². The van der Waals surface area contributed by atoms with Crippen LogP contribution in [0.4, 0.5) is 26.3 Å². The number of hydrogen-bond donors (Lipinski definition) is 0. The topological polar surface area (TPSA) is 18.5 Å². The fourth-order valence-corrected chi connectivity index (χ4v) is 1.09. The molecule has 0 radical (unpaired) electrons. The highest BCUT2D eigenvalue weighted by molar-refractivity contribution is 4.90. The Morgan fingerprint density at radius 1 is 1.07 bits per heavy atom. The third-order valence-corrected chi connectivity index (χ3v) is 1.87. The minimum Gasteiger partial charge on any atom is -0.376 e. The summed E-state index contributed by atoms with van der Waals surface area (Å²) in [6.07, 6.45) is -12.0. The van der Waals surface area contributed by atoms with Crippen LogP contribution in [0.1, 0.15) is 0 Å². The predicted octanol–water partition coefficient (Wildman–Crippen LogP) is 1.94. The average molecular weight is 238 g/mol. The number of halogens is 6. The van der Waals surface area contributed by atoms with Gasteiger partial charge in [-0.05, 0) is 0 Å². The van der Waals surface area contributed by atoms with E-state index in [1.807, 2.05) is 0 Å². The minimum absolute atomic E-state index is 0.00947. The average Bonchev–Trinajstić information content (AvgIpc) is 2.16. The molecule has 2 atom stereocenters. The van der Waals surface area contributed by atoms with E-state index in [2.05, 4.69) is 9.47 Å². The van der Waals surface area contributed by atoms with Crippen molar-refractivity contribution in [1.82, 2.24) is 0 Å². The molecule has 0 aromatic carbocycles. The van der Waals surface area contributed by atoms with E-state index < -0.39 is 31.0 Å². The molecule has 8 heteroatoms. The van der Waals surface area contributed by atoms with Crippen LogP contribution in [0.15, 0.2) is 0 Å². The molecule has 0 bridgehead atoms. The van der Waals surface area contributed by atoms with Gasteiger partial charge in [0.25, 0.3) is 6.17 Å². The lowest BCUT2D eigenvalue weighted by Crippen LogP contribution is -2.53. The normalized spacial score (nSPS) is 26.4. The quantitative estimate of drug-likeness (QED) is 0.684. The molecule has 0 aromatic heterocycles. The Hall–Kier alpha value is -0.500. The molecule has 0 spiro atoms. The van der Waals surface area contributed by atoms with Crippen LogP contribution in [0.3, 0.4) is 0 Å². The van der Waals surface area contributed by atoms with Crippen LogP contribution < -0.4 is 0 Å². The molecule has 2 unspecified atom stereocenters. The summed E-state index contributed by atoms with van der Waals surface area (Å²) in [7, 11) is 0. The van der Waals surface area contributed by atoms with Crippen molar-refractivity contribution in [2.45, 2.75) is 24.4 Å². The Morgan fingerprint density at radius 3 is 2.07 bits per heavy atom. The second-order valence-electron chi connectivity index (χ2n) is 3.01. The molecule has 2 nitrogen and oxygen atoms in total. The molecule has 1 saturated heterocycles. The summed E-state index contributed by atoms with van der Waals surface area (Å²) < 4.78 is 82.3. The van der Waals surface area contributed by atoms with Crippen molar-refractivity contribution in [1.29, 1.82) is 0 Å². The van der Waals surface area contributed by atoms with Gasteiger partial charge in [0.15, 0.2) is 0 Å². The first-order valence-electron chi connectivity index (χ1n) is 4.04. The molecular formula is C7H8F6O2. The van der Waals surface area contributed by atoms with Gasteiger partial charge in [-0.3, -0.25) is 0 Å². The first kappa shape index (κ1) is 12.6. The summed E-state index contributed by atoms with van der Waals surface area (Å²) in [6, 6.07) is 0. The summed E-state index contributed by atoms with van der Waals surface area (Å²) in [4.78, 5) is 0. The smallest absolute Gasteiger partial charge is 0.376 e. The fraction of sp³-hybridized carbons (Fsp3) is 1.00. The second kappa shape index (κ2) is 4.17. The molecule has 0 aliphatic carbocycles. The Balaban J connectivity index is 2.71. The number of ether oxygens (including phenoxy) is 2. The lowest BCUT2D eigenvalue weighted by molar-refractivity contribution is -0.286. The summed E-state index contributed by atoms with van der Waals surface area (Å²) in [5.74, 6) is -4.63. The van der Waals surface area contributed by atoms with Gasteiger partial charge in [0.1, 0.15) is 6.10 Å². The Kier molecular flexibility index (Phi) is 3.49. The van der Waals surface area contributed by atoms with Crippen LogP contribution in [0.5, 0.6) is 0 Å². The van der Waals surface area contributed by atoms with E-state index >= 15 is 0 Å². The molecule has 15 heavy (non-hydrogen) atoms. The van der Waals surface area contributed by atoms with Gasteiger partial charge in [-0.1, -0.05) is 0 Å². The number of alkyl halides is 6. The standard InChI is InChI=1S/C7H8F6O2/c8-5(7(11,12)13)6(9,10)4-3-14-1-2-15-4/h4-5H,1-3H2. The molecule has 1 rings (SSSR count). The highest BCUT2D eigenvalue weighted by Crippen LogP contribution is 2.38. The largest absolute Gasteiger partial charge is 0.425 e. The fourth-order valence-electron chi connectivity index (χ4n) is 1.09. The van der Waals surface area contributed by atoms with Crippen LogP contribution in [-0.2, 0) is 9.47 Å². The Bertz CT molecular complexity index is 210. The SMILES string of the molecule is FC(C(F)(F)F)C(F)(F)C1COCCO1. The molecule has 1 aliphatic heterocycles. The van der Waals surface area contributed by atoms with Gasteiger partial charge in [0.2, 0.25) is 0 Å². The van der Waals surface area contributed by atoms with E-state index in [0.29, 0.717) is 0 Å². The zero-order valence-electron chi connectivity index (χ0n) is 7.36. The van der Waals surface area contributed by atoms with Crippen LogP contribution in [0.2, 0.25) is 0 Å². The monoisotopic (exact) mass is 238 g/mol. The minimum atomic E-state index is -5.61. The first-order valence-corrected chi connectivity index (χ1v) is 4.04. The molecular weight excluding hydrogens is 230 g/mol. The van der Waals surface area contributed by atoms with Crippen molar-refractivity contribution in [2.75, 3.05) is 19.8 Å². The van der Waals surface area contributed by atoms with E-state index in [1.165, 1.54) is 0 Å². The van der Waals surface area contributed by atoms with Gasteiger partial charge in [-0.2, -0.15) is 22.0 Å². The summed E-state index contributed by atoms with van der Waals surface area (Å²) in [5, 5.41) is 0. The zero-order valence-corrected chi connectivity index (χ0v) is 7.36. The van der Waals surface area contributed by atoms with E-state index in [0.717, 1.165) is 0 Å². The maximum absolute atomic E-state index is 12.9. The van der Waals surface area contributed by atoms with Gasteiger partial charge in [-0.25, -0.2) is 4.39 Å². The summed E-state index contributed by atoms with van der Waals surface area (Å²) in [5.41, 5.74) is 0. The van der Waals surface area contributed by atoms with Crippen molar-refractivity contribution in [2.24, 2.45) is 0 Å². The summed E-state index contributed by atoms with van der Waals surface area (Å²) in [6.45, 7) is -1.01. The van der Waals surface area contributed by atoms with E-state index in [9.17, 15) is 26.3 Å². The molecule has 0 amide bonds. The third-order valence-electron chi connectivity index (χ3n) is 1.87. The van der Waals surface area contributed by atoms with Gasteiger partial charge < -0.3 is 9.47 Å². The van der Waals surface area contributed by atoms with Crippen LogP contribution in [0.25, 0.3) is 0 Å². The predicted molar refractivity (Wildman–Crippen MR) is 36.5 cm³/mol.